The number of anilines is 1. The number of hydrogen-bond acceptors (Lipinski definition) is 3. The first-order chi connectivity index (χ1) is 5.82. The Bertz CT molecular complexity index is 333. The van der Waals surface area contributed by atoms with Crippen molar-refractivity contribution in [2.45, 2.75) is 26.2 Å². The van der Waals surface area contributed by atoms with Crippen LogP contribution in [0.15, 0.2) is 4.60 Å². The molecule has 0 saturated heterocycles. The van der Waals surface area contributed by atoms with Crippen molar-refractivity contribution < 1.29 is 0 Å². The Labute approximate surface area is 90.8 Å². The fraction of sp³-hybridized carbons (Fsp3) is 0.500. The zero-order valence-electron chi connectivity index (χ0n) is 7.73. The Morgan fingerprint density at radius 3 is 2.31 bits per heavy atom. The van der Waals surface area contributed by atoms with Crippen molar-refractivity contribution in [3.05, 3.63) is 15.5 Å². The summed E-state index contributed by atoms with van der Waals surface area (Å²) in [5.74, 6) is 0.318. The molecule has 2 N–H and O–H groups in total. The van der Waals surface area contributed by atoms with Crippen LogP contribution >= 0.6 is 27.5 Å². The van der Waals surface area contributed by atoms with Crippen molar-refractivity contribution in [1.82, 2.24) is 9.97 Å². The summed E-state index contributed by atoms with van der Waals surface area (Å²) in [7, 11) is 0. The van der Waals surface area contributed by atoms with Gasteiger partial charge in [-0.1, -0.05) is 32.4 Å². The van der Waals surface area contributed by atoms with E-state index in [9.17, 15) is 0 Å². The van der Waals surface area contributed by atoms with Crippen LogP contribution in [0.4, 0.5) is 5.82 Å². The first-order valence-corrected chi connectivity index (χ1v) is 4.98. The van der Waals surface area contributed by atoms with E-state index in [1.165, 1.54) is 0 Å². The van der Waals surface area contributed by atoms with Crippen molar-refractivity contribution in [2.75, 3.05) is 5.73 Å². The summed E-state index contributed by atoms with van der Waals surface area (Å²) < 4.78 is 0.543. The molecular formula is C8H11BrClN3. The Hall–Kier alpha value is -0.350. The van der Waals surface area contributed by atoms with Gasteiger partial charge in [0.15, 0.2) is 11.0 Å². The standard InChI is InChI=1S/C8H11BrClN3/c1-8(2,3)4-6(10)13-7(11)5(9)12-4/h1-3H3,(H2,11,13). The van der Waals surface area contributed by atoms with E-state index in [1.54, 1.807) is 0 Å². The molecule has 0 saturated carbocycles. The van der Waals surface area contributed by atoms with Crippen molar-refractivity contribution in [1.29, 1.82) is 0 Å². The largest absolute Gasteiger partial charge is 0.381 e. The van der Waals surface area contributed by atoms with Crippen molar-refractivity contribution in [3.8, 4) is 0 Å². The summed E-state index contributed by atoms with van der Waals surface area (Å²) in [5, 5.41) is 0.369. The Morgan fingerprint density at radius 2 is 1.85 bits per heavy atom. The molecule has 5 heteroatoms. The number of aromatic nitrogens is 2. The summed E-state index contributed by atoms with van der Waals surface area (Å²) in [6, 6.07) is 0. The highest BCUT2D eigenvalue weighted by molar-refractivity contribution is 9.10. The predicted molar refractivity (Wildman–Crippen MR) is 57.9 cm³/mol. The van der Waals surface area contributed by atoms with Gasteiger partial charge < -0.3 is 5.73 Å². The van der Waals surface area contributed by atoms with Gasteiger partial charge in [-0.3, -0.25) is 0 Å². The lowest BCUT2D eigenvalue weighted by Gasteiger charge is -2.18. The second-order valence-electron chi connectivity index (χ2n) is 3.79. The molecule has 0 unspecified atom stereocenters. The molecule has 13 heavy (non-hydrogen) atoms. The molecule has 0 spiro atoms. The zero-order valence-corrected chi connectivity index (χ0v) is 10.1. The van der Waals surface area contributed by atoms with Gasteiger partial charge in [0.25, 0.3) is 0 Å². The maximum Gasteiger partial charge on any atom is 0.158 e. The summed E-state index contributed by atoms with van der Waals surface area (Å²) >= 11 is 9.13. The lowest BCUT2D eigenvalue weighted by molar-refractivity contribution is 0.564. The van der Waals surface area contributed by atoms with Crippen LogP contribution in [0.5, 0.6) is 0 Å². The molecule has 0 atom stereocenters. The van der Waals surface area contributed by atoms with Crippen LogP contribution in [-0.2, 0) is 5.41 Å². The van der Waals surface area contributed by atoms with E-state index in [-0.39, 0.29) is 5.41 Å². The Balaban J connectivity index is 3.32. The van der Waals surface area contributed by atoms with Gasteiger partial charge >= 0.3 is 0 Å². The van der Waals surface area contributed by atoms with Crippen LogP contribution in [0.2, 0.25) is 5.15 Å². The molecule has 72 valence electrons. The van der Waals surface area contributed by atoms with Crippen LogP contribution in [0.1, 0.15) is 26.5 Å². The molecule has 0 bridgehead atoms. The molecule has 0 fully saturated rings. The average Bonchev–Trinajstić information content (AvgIpc) is 1.94. The molecule has 0 aliphatic carbocycles. The molecule has 0 aliphatic heterocycles. The number of halogens is 2. The van der Waals surface area contributed by atoms with Crippen LogP contribution in [-0.4, -0.2) is 9.97 Å². The van der Waals surface area contributed by atoms with Gasteiger partial charge in [0.05, 0.1) is 5.69 Å². The van der Waals surface area contributed by atoms with E-state index in [0.29, 0.717) is 15.6 Å². The minimum atomic E-state index is -0.125. The second-order valence-corrected chi connectivity index (χ2v) is 4.90. The molecule has 0 aromatic carbocycles. The smallest absolute Gasteiger partial charge is 0.158 e. The van der Waals surface area contributed by atoms with E-state index in [1.807, 2.05) is 20.8 Å². The van der Waals surface area contributed by atoms with Crippen LogP contribution < -0.4 is 5.73 Å². The van der Waals surface area contributed by atoms with E-state index in [2.05, 4.69) is 25.9 Å². The molecule has 1 aromatic rings. The Kier molecular flexibility index (Phi) is 2.82. The summed E-state index contributed by atoms with van der Waals surface area (Å²) in [4.78, 5) is 8.21. The van der Waals surface area contributed by atoms with Crippen molar-refractivity contribution in [2.24, 2.45) is 0 Å². The van der Waals surface area contributed by atoms with Gasteiger partial charge in [-0.15, -0.1) is 0 Å². The first-order valence-electron chi connectivity index (χ1n) is 3.81. The maximum absolute atomic E-state index is 5.91. The van der Waals surface area contributed by atoms with Crippen LogP contribution in [0, 0.1) is 0 Å². The minimum absolute atomic E-state index is 0.125. The second kappa shape index (κ2) is 3.42. The predicted octanol–water partition coefficient (Wildman–Crippen LogP) is 2.77. The van der Waals surface area contributed by atoms with E-state index in [4.69, 9.17) is 17.3 Å². The van der Waals surface area contributed by atoms with Crippen molar-refractivity contribution in [3.63, 3.8) is 0 Å². The summed E-state index contributed by atoms with van der Waals surface area (Å²) in [6.07, 6.45) is 0. The fourth-order valence-corrected chi connectivity index (χ4v) is 1.57. The molecule has 0 amide bonds. The highest BCUT2D eigenvalue weighted by Crippen LogP contribution is 2.29. The average molecular weight is 265 g/mol. The third-order valence-corrected chi connectivity index (χ3v) is 2.39. The zero-order chi connectivity index (χ0) is 10.2. The lowest BCUT2D eigenvalue weighted by atomic mass is 9.93. The number of nitrogen functional groups attached to an aromatic ring is 1. The summed E-state index contributed by atoms with van der Waals surface area (Å²) in [5.41, 5.74) is 6.15. The lowest BCUT2D eigenvalue weighted by Crippen LogP contribution is -2.16. The molecule has 1 rings (SSSR count). The quantitative estimate of drug-likeness (QED) is 0.784. The fourth-order valence-electron chi connectivity index (χ4n) is 0.884. The highest BCUT2D eigenvalue weighted by Gasteiger charge is 2.21. The molecule has 1 heterocycles. The molecule has 0 aliphatic rings. The SMILES string of the molecule is CC(C)(C)c1nc(Br)c(N)nc1Cl. The number of rotatable bonds is 0. The van der Waals surface area contributed by atoms with E-state index >= 15 is 0 Å². The number of nitrogens with two attached hydrogens (primary N) is 1. The topological polar surface area (TPSA) is 51.8 Å². The minimum Gasteiger partial charge on any atom is -0.381 e. The molecular weight excluding hydrogens is 253 g/mol. The van der Waals surface area contributed by atoms with Gasteiger partial charge in [0, 0.05) is 5.41 Å². The first kappa shape index (κ1) is 10.7. The monoisotopic (exact) mass is 263 g/mol. The third kappa shape index (κ3) is 2.31. The molecule has 3 nitrogen and oxygen atoms in total. The van der Waals surface area contributed by atoms with E-state index in [0.717, 1.165) is 5.69 Å². The van der Waals surface area contributed by atoms with Crippen LogP contribution in [0.3, 0.4) is 0 Å². The molecule has 1 aromatic heterocycles. The normalized spacial score (nSPS) is 11.8. The van der Waals surface area contributed by atoms with Crippen LogP contribution in [0.25, 0.3) is 0 Å². The molecule has 0 radical (unpaired) electrons. The van der Waals surface area contributed by atoms with Crippen molar-refractivity contribution >= 4 is 33.3 Å². The highest BCUT2D eigenvalue weighted by atomic mass is 79.9. The van der Waals surface area contributed by atoms with Gasteiger partial charge in [-0.2, -0.15) is 0 Å². The van der Waals surface area contributed by atoms with Gasteiger partial charge in [0.2, 0.25) is 0 Å². The summed E-state index contributed by atoms with van der Waals surface area (Å²) in [6.45, 7) is 6.06. The number of hydrogen-bond donors (Lipinski definition) is 1. The Morgan fingerprint density at radius 1 is 1.31 bits per heavy atom. The maximum atomic E-state index is 5.91. The van der Waals surface area contributed by atoms with Gasteiger partial charge in [-0.25, -0.2) is 9.97 Å². The van der Waals surface area contributed by atoms with Gasteiger partial charge in [0.1, 0.15) is 4.60 Å². The number of nitrogens with zero attached hydrogens (tertiary/aromatic N) is 2. The van der Waals surface area contributed by atoms with Gasteiger partial charge in [-0.05, 0) is 15.9 Å². The third-order valence-electron chi connectivity index (χ3n) is 1.55. The van der Waals surface area contributed by atoms with E-state index < -0.39 is 0 Å².